The molecule has 0 saturated carbocycles. The fourth-order valence-electron chi connectivity index (χ4n) is 3.35. The molecule has 1 aliphatic rings. The van der Waals surface area contributed by atoms with Gasteiger partial charge in [-0.25, -0.2) is 9.98 Å². The molecule has 1 fully saturated rings. The molecule has 1 aliphatic heterocycles. The fourth-order valence-corrected chi connectivity index (χ4v) is 3.35. The largest absolute Gasteiger partial charge is 0.493 e. The molecule has 0 radical (unpaired) electrons. The van der Waals surface area contributed by atoms with Crippen molar-refractivity contribution >= 4 is 5.96 Å². The molecule has 32 heavy (non-hydrogen) atoms. The van der Waals surface area contributed by atoms with Crippen molar-refractivity contribution in [2.75, 3.05) is 33.0 Å². The molecule has 1 atom stereocenters. The fraction of sp³-hybridized carbons (Fsp3) is 0.520. The van der Waals surface area contributed by atoms with E-state index in [9.17, 15) is 0 Å². The first kappa shape index (κ1) is 23.9. The Labute approximate surface area is 191 Å². The zero-order valence-corrected chi connectivity index (χ0v) is 19.5. The van der Waals surface area contributed by atoms with Gasteiger partial charge >= 0.3 is 0 Å². The van der Waals surface area contributed by atoms with Crippen LogP contribution in [0.5, 0.6) is 11.6 Å². The number of nitrogens with zero attached hydrogens (tertiary/aromatic N) is 2. The number of guanidine groups is 1. The molecular formula is C25H36N4O3. The Morgan fingerprint density at radius 3 is 2.81 bits per heavy atom. The Kier molecular flexibility index (Phi) is 9.62. The van der Waals surface area contributed by atoms with Crippen LogP contribution in [-0.2, 0) is 17.8 Å². The summed E-state index contributed by atoms with van der Waals surface area (Å²) in [5.41, 5.74) is 3.33. The minimum atomic E-state index is 0.475. The van der Waals surface area contributed by atoms with E-state index < -0.39 is 0 Å². The molecule has 7 heteroatoms. The third-order valence-electron chi connectivity index (χ3n) is 5.18. The maximum absolute atomic E-state index is 6.16. The van der Waals surface area contributed by atoms with Crippen LogP contribution in [0.3, 0.4) is 0 Å². The van der Waals surface area contributed by atoms with Crippen LogP contribution in [0.15, 0.2) is 41.5 Å². The maximum atomic E-state index is 6.16. The second-order valence-corrected chi connectivity index (χ2v) is 8.05. The maximum Gasteiger partial charge on any atom is 0.213 e. The summed E-state index contributed by atoms with van der Waals surface area (Å²) in [6, 6.07) is 10.2. The van der Waals surface area contributed by atoms with Crippen molar-refractivity contribution in [3.63, 3.8) is 0 Å². The van der Waals surface area contributed by atoms with Crippen LogP contribution < -0.4 is 20.1 Å². The van der Waals surface area contributed by atoms with Crippen molar-refractivity contribution in [1.29, 1.82) is 0 Å². The summed E-state index contributed by atoms with van der Waals surface area (Å²) >= 11 is 0. The summed E-state index contributed by atoms with van der Waals surface area (Å²) in [4.78, 5) is 9.05. The normalized spacial score (nSPS) is 16.1. The zero-order chi connectivity index (χ0) is 22.6. The molecule has 1 unspecified atom stereocenters. The van der Waals surface area contributed by atoms with Gasteiger partial charge in [0.15, 0.2) is 5.96 Å². The molecule has 2 heterocycles. The smallest absolute Gasteiger partial charge is 0.213 e. The summed E-state index contributed by atoms with van der Waals surface area (Å²) in [5, 5.41) is 6.73. The van der Waals surface area contributed by atoms with E-state index in [1.807, 2.05) is 18.3 Å². The van der Waals surface area contributed by atoms with E-state index in [0.29, 0.717) is 38.1 Å². The van der Waals surface area contributed by atoms with Gasteiger partial charge in [-0.15, -0.1) is 0 Å². The number of pyridine rings is 1. The van der Waals surface area contributed by atoms with Gasteiger partial charge in [0.1, 0.15) is 5.75 Å². The molecule has 174 valence electrons. The molecule has 1 aromatic heterocycles. The highest BCUT2D eigenvalue weighted by Crippen LogP contribution is 2.22. The topological polar surface area (TPSA) is 77.0 Å². The van der Waals surface area contributed by atoms with Crippen LogP contribution in [0.1, 0.15) is 43.4 Å². The lowest BCUT2D eigenvalue weighted by Gasteiger charge is -2.17. The van der Waals surface area contributed by atoms with E-state index in [1.54, 1.807) is 0 Å². The molecule has 7 nitrogen and oxygen atoms in total. The number of nitrogens with one attached hydrogen (secondary N) is 2. The van der Waals surface area contributed by atoms with Gasteiger partial charge < -0.3 is 24.8 Å². The van der Waals surface area contributed by atoms with Crippen molar-refractivity contribution in [2.24, 2.45) is 10.9 Å². The van der Waals surface area contributed by atoms with E-state index in [2.05, 4.69) is 54.6 Å². The van der Waals surface area contributed by atoms with Crippen molar-refractivity contribution in [3.8, 4) is 11.6 Å². The average Bonchev–Trinajstić information content (AvgIpc) is 3.33. The lowest BCUT2D eigenvalue weighted by Crippen LogP contribution is -2.36. The van der Waals surface area contributed by atoms with Gasteiger partial charge in [0.05, 0.1) is 26.4 Å². The molecule has 1 saturated heterocycles. The van der Waals surface area contributed by atoms with Gasteiger partial charge in [-0.1, -0.05) is 25.1 Å². The lowest BCUT2D eigenvalue weighted by molar-refractivity contribution is 0.166. The van der Waals surface area contributed by atoms with Crippen LogP contribution in [0.25, 0.3) is 0 Å². The monoisotopic (exact) mass is 440 g/mol. The third kappa shape index (κ3) is 7.71. The minimum absolute atomic E-state index is 0.475. The second kappa shape index (κ2) is 12.9. The first-order valence-corrected chi connectivity index (χ1v) is 11.6. The first-order valence-electron chi connectivity index (χ1n) is 11.6. The van der Waals surface area contributed by atoms with Gasteiger partial charge in [-0.05, 0) is 43.9 Å². The molecule has 0 aliphatic carbocycles. The molecule has 0 amide bonds. The molecule has 3 rings (SSSR count). The predicted octanol–water partition coefficient (Wildman–Crippen LogP) is 3.85. The lowest BCUT2D eigenvalue weighted by atomic mass is 10.1. The number of hydrogen-bond acceptors (Lipinski definition) is 5. The minimum Gasteiger partial charge on any atom is -0.493 e. The number of aryl methyl sites for hydroxylation is 1. The van der Waals surface area contributed by atoms with Crippen LogP contribution in [0, 0.1) is 12.8 Å². The van der Waals surface area contributed by atoms with Gasteiger partial charge in [0, 0.05) is 43.4 Å². The number of benzene rings is 1. The van der Waals surface area contributed by atoms with Gasteiger partial charge in [-0.3, -0.25) is 0 Å². The van der Waals surface area contributed by atoms with E-state index in [1.165, 1.54) is 5.56 Å². The van der Waals surface area contributed by atoms with Crippen LogP contribution in [0.4, 0.5) is 0 Å². The molecule has 1 aromatic carbocycles. The molecule has 0 bridgehead atoms. The molecule has 2 aromatic rings. The van der Waals surface area contributed by atoms with E-state index in [0.717, 1.165) is 55.4 Å². The summed E-state index contributed by atoms with van der Waals surface area (Å²) in [6.45, 7) is 11.2. The van der Waals surface area contributed by atoms with Crippen molar-refractivity contribution < 1.29 is 14.2 Å². The zero-order valence-electron chi connectivity index (χ0n) is 19.5. The SMILES string of the molecule is CCCOc1ccc(CN=C(NCC)NCc2ccc(C)cc2OCC2CCOC2)cn1. The van der Waals surface area contributed by atoms with E-state index >= 15 is 0 Å². The van der Waals surface area contributed by atoms with Crippen molar-refractivity contribution in [3.05, 3.63) is 53.2 Å². The Hall–Kier alpha value is -2.80. The quantitative estimate of drug-likeness (QED) is 0.408. The van der Waals surface area contributed by atoms with Gasteiger partial charge in [0.25, 0.3) is 0 Å². The molecule has 2 N–H and O–H groups in total. The predicted molar refractivity (Wildman–Crippen MR) is 127 cm³/mol. The van der Waals surface area contributed by atoms with Gasteiger partial charge in [0.2, 0.25) is 5.88 Å². The summed E-state index contributed by atoms with van der Waals surface area (Å²) in [6.07, 6.45) is 3.85. The Morgan fingerprint density at radius 1 is 1.19 bits per heavy atom. The summed E-state index contributed by atoms with van der Waals surface area (Å²) in [7, 11) is 0. The number of ether oxygens (including phenoxy) is 3. The first-order chi connectivity index (χ1) is 15.7. The highest BCUT2D eigenvalue weighted by Gasteiger charge is 2.17. The van der Waals surface area contributed by atoms with Crippen LogP contribution in [-0.4, -0.2) is 43.9 Å². The van der Waals surface area contributed by atoms with E-state index in [4.69, 9.17) is 19.2 Å². The number of hydrogen-bond donors (Lipinski definition) is 2. The van der Waals surface area contributed by atoms with Gasteiger partial charge in [-0.2, -0.15) is 0 Å². The number of aromatic nitrogens is 1. The number of rotatable bonds is 11. The second-order valence-electron chi connectivity index (χ2n) is 8.05. The van der Waals surface area contributed by atoms with Crippen molar-refractivity contribution in [1.82, 2.24) is 15.6 Å². The Balaban J connectivity index is 1.58. The molecule has 0 spiro atoms. The standard InChI is InChI=1S/C25H36N4O3/c1-4-11-31-24-9-7-20(14-27-24)15-28-25(26-5-2)29-16-22-8-6-19(3)13-23(22)32-18-21-10-12-30-17-21/h6-9,13-14,21H,4-5,10-12,15-18H2,1-3H3,(H2,26,28,29). The van der Waals surface area contributed by atoms with E-state index in [-0.39, 0.29) is 0 Å². The average molecular weight is 441 g/mol. The summed E-state index contributed by atoms with van der Waals surface area (Å²) < 4.78 is 17.2. The Morgan fingerprint density at radius 2 is 2.09 bits per heavy atom. The van der Waals surface area contributed by atoms with Crippen molar-refractivity contribution in [2.45, 2.75) is 46.7 Å². The third-order valence-corrected chi connectivity index (χ3v) is 5.18. The van der Waals surface area contributed by atoms with Crippen LogP contribution >= 0.6 is 0 Å². The Bertz CT molecular complexity index is 849. The highest BCUT2D eigenvalue weighted by atomic mass is 16.5. The number of aliphatic imine (C=N–C) groups is 1. The highest BCUT2D eigenvalue weighted by molar-refractivity contribution is 5.79. The summed E-state index contributed by atoms with van der Waals surface area (Å²) in [5.74, 6) is 2.81. The molecular weight excluding hydrogens is 404 g/mol. The van der Waals surface area contributed by atoms with Crippen LogP contribution in [0.2, 0.25) is 0 Å².